The van der Waals surface area contributed by atoms with Crippen LogP contribution in [0.25, 0.3) is 0 Å². The van der Waals surface area contributed by atoms with Gasteiger partial charge in [0.25, 0.3) is 0 Å². The summed E-state index contributed by atoms with van der Waals surface area (Å²) in [5.74, 6) is -0.758. The van der Waals surface area contributed by atoms with Crippen LogP contribution in [0.3, 0.4) is 0 Å². The van der Waals surface area contributed by atoms with Crippen molar-refractivity contribution in [3.8, 4) is 0 Å². The maximum Gasteiger partial charge on any atom is 0.248 e. The van der Waals surface area contributed by atoms with Crippen molar-refractivity contribution in [1.29, 1.82) is 0 Å². The Morgan fingerprint density at radius 1 is 1.03 bits per heavy atom. The van der Waals surface area contributed by atoms with Gasteiger partial charge in [-0.1, -0.05) is 41.3 Å². The highest BCUT2D eigenvalue weighted by Gasteiger charge is 2.24. The Morgan fingerprint density at radius 2 is 1.59 bits per heavy atom. The van der Waals surface area contributed by atoms with Crippen molar-refractivity contribution in [1.82, 2.24) is 5.32 Å². The lowest BCUT2D eigenvalue weighted by Gasteiger charge is -2.28. The molecule has 2 amide bonds. The Morgan fingerprint density at radius 3 is 2.09 bits per heavy atom. The first-order chi connectivity index (χ1) is 14.8. The predicted octanol–water partition coefficient (Wildman–Crippen LogP) is 3.23. The quantitative estimate of drug-likeness (QED) is 0.261. The van der Waals surface area contributed by atoms with E-state index in [4.69, 9.17) is 4.74 Å². The number of Topliss-reactive ketones (excluding diaryl/α,β-unsaturated/α-hetero) is 1. The Kier molecular flexibility index (Phi) is 10.3. The second kappa shape index (κ2) is 12.0. The van der Waals surface area contributed by atoms with Crippen LogP contribution < -0.4 is 10.6 Å². The van der Waals surface area contributed by atoms with E-state index in [0.717, 1.165) is 0 Å². The van der Waals surface area contributed by atoms with E-state index >= 15 is 0 Å². The zero-order valence-corrected chi connectivity index (χ0v) is 20.4. The van der Waals surface area contributed by atoms with Crippen LogP contribution in [0.5, 0.6) is 0 Å². The number of amides is 2. The van der Waals surface area contributed by atoms with Gasteiger partial charge in [-0.15, -0.1) is 0 Å². The molecule has 0 fully saturated rings. The molecule has 1 aromatic rings. The van der Waals surface area contributed by atoms with Crippen molar-refractivity contribution < 1.29 is 24.2 Å². The first kappa shape index (κ1) is 27.6. The van der Waals surface area contributed by atoms with E-state index < -0.39 is 5.91 Å². The molecule has 7 nitrogen and oxygen atoms in total. The second-order valence-corrected chi connectivity index (χ2v) is 10.0. The van der Waals surface area contributed by atoms with Gasteiger partial charge in [-0.2, -0.15) is 0 Å². The van der Waals surface area contributed by atoms with Crippen LogP contribution in [0.2, 0.25) is 13.6 Å². The Balaban J connectivity index is 2.70. The van der Waals surface area contributed by atoms with Gasteiger partial charge in [0.2, 0.25) is 11.8 Å². The van der Waals surface area contributed by atoms with Crippen molar-refractivity contribution in [3.05, 3.63) is 41.4 Å². The number of ketones is 1. The molecule has 8 heteroatoms. The lowest BCUT2D eigenvalue weighted by molar-refractivity contribution is -0.118. The number of benzene rings is 1. The number of anilines is 1. The smallest absolute Gasteiger partial charge is 0.248 e. The topological polar surface area (TPSA) is 105 Å². The highest BCUT2D eigenvalue weighted by Crippen LogP contribution is 2.19. The third-order valence-electron chi connectivity index (χ3n) is 4.87. The fourth-order valence-corrected chi connectivity index (χ4v) is 2.72. The summed E-state index contributed by atoms with van der Waals surface area (Å²) >= 11 is 0. The molecule has 32 heavy (non-hydrogen) atoms. The molecule has 3 N–H and O–H groups in total. The Labute approximate surface area is 192 Å². The first-order valence-electron chi connectivity index (χ1n) is 10.9. The molecule has 0 atom stereocenters. The zero-order valence-electron chi connectivity index (χ0n) is 20.4. The summed E-state index contributed by atoms with van der Waals surface area (Å²) in [6.45, 7) is 14.1. The van der Waals surface area contributed by atoms with E-state index in [2.05, 4.69) is 10.6 Å². The number of rotatable bonds is 12. The van der Waals surface area contributed by atoms with Gasteiger partial charge in [0, 0.05) is 34.7 Å². The molecular weight excluding hydrogens is 407 g/mol. The SMILES string of the molecule is CB(C)/C(=C/C(=O)Nc1ccc(C(C)=O)cc1)C(=O)NCC(C)(C)COCC(C)(C)CO. The molecule has 0 aliphatic rings. The number of hydrogen-bond acceptors (Lipinski definition) is 5. The van der Waals surface area contributed by atoms with E-state index in [-0.39, 0.29) is 35.8 Å². The summed E-state index contributed by atoms with van der Waals surface area (Å²) in [4.78, 5) is 36.6. The van der Waals surface area contributed by atoms with Crippen LogP contribution in [-0.2, 0) is 14.3 Å². The van der Waals surface area contributed by atoms with E-state index in [9.17, 15) is 19.5 Å². The Hall–Kier alpha value is -2.45. The van der Waals surface area contributed by atoms with Gasteiger partial charge in [0.05, 0.1) is 19.8 Å². The van der Waals surface area contributed by atoms with Gasteiger partial charge < -0.3 is 20.5 Å². The molecule has 0 saturated heterocycles. The zero-order chi connectivity index (χ0) is 24.5. The molecule has 0 aliphatic heterocycles. The maximum absolute atomic E-state index is 12.7. The van der Waals surface area contributed by atoms with Crippen molar-refractivity contribution in [3.63, 3.8) is 0 Å². The van der Waals surface area contributed by atoms with Gasteiger partial charge in [0.15, 0.2) is 12.5 Å². The van der Waals surface area contributed by atoms with Crippen molar-refractivity contribution >= 4 is 30.0 Å². The maximum atomic E-state index is 12.7. The molecular formula is C24H37BN2O5. The van der Waals surface area contributed by atoms with Crippen molar-refractivity contribution in [2.45, 2.75) is 48.3 Å². The van der Waals surface area contributed by atoms with Crippen LogP contribution >= 0.6 is 0 Å². The molecule has 0 radical (unpaired) electrons. The molecule has 0 aliphatic carbocycles. The van der Waals surface area contributed by atoms with Crippen LogP contribution in [-0.4, -0.2) is 55.8 Å². The summed E-state index contributed by atoms with van der Waals surface area (Å²) in [6, 6.07) is 6.59. The van der Waals surface area contributed by atoms with E-state index in [0.29, 0.717) is 36.5 Å². The van der Waals surface area contributed by atoms with Gasteiger partial charge in [-0.3, -0.25) is 14.4 Å². The van der Waals surface area contributed by atoms with Gasteiger partial charge in [0.1, 0.15) is 0 Å². The highest BCUT2D eigenvalue weighted by molar-refractivity contribution is 6.70. The third kappa shape index (κ3) is 9.79. The van der Waals surface area contributed by atoms with E-state index in [1.807, 2.05) is 41.3 Å². The molecule has 176 valence electrons. The van der Waals surface area contributed by atoms with Crippen LogP contribution in [0.15, 0.2) is 35.8 Å². The molecule has 0 heterocycles. The van der Waals surface area contributed by atoms with E-state index in [1.54, 1.807) is 24.3 Å². The largest absolute Gasteiger partial charge is 0.396 e. The predicted molar refractivity (Wildman–Crippen MR) is 129 cm³/mol. The van der Waals surface area contributed by atoms with Gasteiger partial charge >= 0.3 is 0 Å². The summed E-state index contributed by atoms with van der Waals surface area (Å²) in [5.41, 5.74) is 0.855. The number of carbonyl (C=O) groups excluding carboxylic acids is 3. The minimum absolute atomic E-state index is 0.0373. The van der Waals surface area contributed by atoms with Crippen LogP contribution in [0.1, 0.15) is 45.0 Å². The van der Waals surface area contributed by atoms with Gasteiger partial charge in [-0.25, -0.2) is 0 Å². The first-order valence-corrected chi connectivity index (χ1v) is 10.9. The van der Waals surface area contributed by atoms with Crippen molar-refractivity contribution in [2.75, 3.05) is 31.7 Å². The molecule has 0 unspecified atom stereocenters. The molecule has 0 aromatic heterocycles. The average molecular weight is 444 g/mol. The lowest BCUT2D eigenvalue weighted by Crippen LogP contribution is -2.40. The van der Waals surface area contributed by atoms with Crippen molar-refractivity contribution in [2.24, 2.45) is 10.8 Å². The highest BCUT2D eigenvalue weighted by atomic mass is 16.5. The number of ether oxygens (including phenoxy) is 1. The average Bonchev–Trinajstić information content (AvgIpc) is 2.70. The molecule has 0 spiro atoms. The third-order valence-corrected chi connectivity index (χ3v) is 4.87. The Bertz CT molecular complexity index is 829. The molecule has 1 rings (SSSR count). The number of aliphatic hydroxyl groups is 1. The fraction of sp³-hybridized carbons (Fsp3) is 0.542. The summed E-state index contributed by atoms with van der Waals surface area (Å²) in [7, 11) is 0. The lowest BCUT2D eigenvalue weighted by atomic mass is 9.48. The normalized spacial score (nSPS) is 12.3. The summed E-state index contributed by atoms with van der Waals surface area (Å²) < 4.78 is 5.74. The monoisotopic (exact) mass is 444 g/mol. The van der Waals surface area contributed by atoms with Crippen LogP contribution in [0.4, 0.5) is 5.69 Å². The molecule has 0 saturated carbocycles. The minimum atomic E-state index is -0.409. The number of aliphatic hydroxyl groups excluding tert-OH is 1. The number of nitrogens with one attached hydrogen (secondary N) is 2. The van der Waals surface area contributed by atoms with E-state index in [1.165, 1.54) is 13.0 Å². The number of carbonyl (C=O) groups is 3. The fourth-order valence-electron chi connectivity index (χ4n) is 2.72. The second-order valence-electron chi connectivity index (χ2n) is 10.0. The number of hydrogen-bond donors (Lipinski definition) is 3. The standard InChI is InChI=1S/C24H37BN2O5/c1-17(29)18-8-10-19(11-9-18)27-21(30)12-20(25(6)7)22(31)26-13-23(2,3)15-32-16-24(4,5)14-28/h8-12,28H,13-16H2,1-7H3,(H,26,31)(H,27,30)/b20-12+. The van der Waals surface area contributed by atoms with Gasteiger partial charge in [-0.05, 0) is 36.7 Å². The molecule has 0 bridgehead atoms. The van der Waals surface area contributed by atoms with Crippen LogP contribution in [0, 0.1) is 10.8 Å². The summed E-state index contributed by atoms with van der Waals surface area (Å²) in [6.07, 6.45) is 1.31. The minimum Gasteiger partial charge on any atom is -0.396 e. The molecule has 1 aromatic carbocycles. The summed E-state index contributed by atoms with van der Waals surface area (Å²) in [5, 5.41) is 14.9.